The van der Waals surface area contributed by atoms with Gasteiger partial charge < -0.3 is 4.74 Å². The van der Waals surface area contributed by atoms with E-state index >= 15 is 0 Å². The van der Waals surface area contributed by atoms with E-state index in [1.165, 1.54) is 44.1 Å². The topological polar surface area (TPSA) is 12.5 Å². The van der Waals surface area contributed by atoms with Crippen molar-refractivity contribution in [2.24, 2.45) is 11.8 Å². The Morgan fingerprint density at radius 1 is 1.00 bits per heavy atom. The van der Waals surface area contributed by atoms with E-state index in [-0.39, 0.29) is 5.60 Å². The van der Waals surface area contributed by atoms with Gasteiger partial charge in [0.1, 0.15) is 5.60 Å². The van der Waals surface area contributed by atoms with Gasteiger partial charge in [0.05, 0.1) is 6.10 Å². The molecule has 0 amide bonds. The zero-order valence-corrected chi connectivity index (χ0v) is 10.3. The van der Waals surface area contributed by atoms with Gasteiger partial charge in [-0.1, -0.05) is 56.0 Å². The fourth-order valence-electron chi connectivity index (χ4n) is 4.26. The van der Waals surface area contributed by atoms with Crippen molar-refractivity contribution in [3.05, 3.63) is 35.9 Å². The summed E-state index contributed by atoms with van der Waals surface area (Å²) in [4.78, 5) is 0. The molecule has 0 aromatic heterocycles. The second kappa shape index (κ2) is 3.58. The molecule has 0 spiro atoms. The van der Waals surface area contributed by atoms with Crippen LogP contribution in [-0.2, 0) is 10.3 Å². The fourth-order valence-corrected chi connectivity index (χ4v) is 4.26. The van der Waals surface area contributed by atoms with E-state index < -0.39 is 0 Å². The summed E-state index contributed by atoms with van der Waals surface area (Å²) in [6, 6.07) is 10.9. The molecule has 3 aliphatic rings. The fraction of sp³-hybridized carbons (Fsp3) is 0.625. The van der Waals surface area contributed by atoms with Gasteiger partial charge in [0.15, 0.2) is 0 Å². The summed E-state index contributed by atoms with van der Waals surface area (Å²) in [5.41, 5.74) is 1.55. The van der Waals surface area contributed by atoms with Gasteiger partial charge in [-0.05, 0) is 30.2 Å². The van der Waals surface area contributed by atoms with E-state index in [1.807, 2.05) is 0 Å². The van der Waals surface area contributed by atoms with E-state index in [4.69, 9.17) is 4.74 Å². The zero-order valence-electron chi connectivity index (χ0n) is 10.3. The van der Waals surface area contributed by atoms with Crippen molar-refractivity contribution in [1.82, 2.24) is 0 Å². The minimum absolute atomic E-state index is 0.125. The summed E-state index contributed by atoms with van der Waals surface area (Å²) in [5, 5.41) is 0. The number of rotatable bonds is 1. The molecular weight excluding hydrogens is 208 g/mol. The van der Waals surface area contributed by atoms with Gasteiger partial charge in [-0.25, -0.2) is 0 Å². The monoisotopic (exact) mass is 228 g/mol. The van der Waals surface area contributed by atoms with Crippen LogP contribution in [-0.4, -0.2) is 6.10 Å². The Hall–Kier alpha value is -0.820. The van der Waals surface area contributed by atoms with Crippen LogP contribution in [0.1, 0.15) is 44.1 Å². The molecule has 4 rings (SSSR count). The van der Waals surface area contributed by atoms with Crippen LogP contribution in [0.15, 0.2) is 30.3 Å². The molecule has 1 aliphatic heterocycles. The Morgan fingerprint density at radius 2 is 1.76 bits per heavy atom. The van der Waals surface area contributed by atoms with Crippen LogP contribution in [0.5, 0.6) is 0 Å². The van der Waals surface area contributed by atoms with Gasteiger partial charge in [-0.15, -0.1) is 0 Å². The molecule has 90 valence electrons. The highest BCUT2D eigenvalue weighted by Crippen LogP contribution is 2.60. The second-order valence-corrected chi connectivity index (χ2v) is 6.11. The Balaban J connectivity index is 1.62. The first-order chi connectivity index (χ1) is 8.38. The van der Waals surface area contributed by atoms with Gasteiger partial charge in [0.2, 0.25) is 0 Å². The molecule has 0 N–H and O–H groups in total. The molecule has 1 saturated heterocycles. The van der Waals surface area contributed by atoms with Crippen LogP contribution >= 0.6 is 0 Å². The number of ether oxygens (including phenoxy) is 1. The van der Waals surface area contributed by atoms with E-state index in [1.54, 1.807) is 0 Å². The van der Waals surface area contributed by atoms with Crippen molar-refractivity contribution >= 4 is 0 Å². The van der Waals surface area contributed by atoms with Gasteiger partial charge in [-0.2, -0.15) is 0 Å². The Morgan fingerprint density at radius 3 is 2.59 bits per heavy atom. The lowest BCUT2D eigenvalue weighted by Gasteiger charge is -2.36. The molecule has 0 bridgehead atoms. The van der Waals surface area contributed by atoms with Gasteiger partial charge in [-0.3, -0.25) is 0 Å². The first-order valence-corrected chi connectivity index (χ1v) is 7.12. The van der Waals surface area contributed by atoms with Crippen molar-refractivity contribution in [3.63, 3.8) is 0 Å². The number of hydrogen-bond acceptors (Lipinski definition) is 1. The summed E-state index contributed by atoms with van der Waals surface area (Å²) in [7, 11) is 0. The zero-order chi connectivity index (χ0) is 11.3. The lowest BCUT2D eigenvalue weighted by Crippen LogP contribution is -2.32. The molecular formula is C16H20O. The van der Waals surface area contributed by atoms with Crippen molar-refractivity contribution in [1.29, 1.82) is 0 Å². The van der Waals surface area contributed by atoms with Crippen molar-refractivity contribution < 1.29 is 4.74 Å². The van der Waals surface area contributed by atoms with E-state index in [9.17, 15) is 0 Å². The average Bonchev–Trinajstić information content (AvgIpc) is 3.11. The maximum Gasteiger partial charge on any atom is 0.120 e. The molecule has 3 fully saturated rings. The average molecular weight is 228 g/mol. The molecule has 1 aromatic rings. The standard InChI is InChI=1S/C16H20O/c1-2-8-14(9-3-1)16-11-13-7-5-4-6-12(13)10-15(16)17-16/h1-3,8-9,12-13,15H,4-7,10-11H2/t12-,13-,15+,16-/m1/s1. The van der Waals surface area contributed by atoms with E-state index in [2.05, 4.69) is 30.3 Å². The summed E-state index contributed by atoms with van der Waals surface area (Å²) in [6.07, 6.45) is 8.92. The molecule has 0 unspecified atom stereocenters. The van der Waals surface area contributed by atoms with E-state index in [0.29, 0.717) is 6.10 Å². The third-order valence-corrected chi connectivity index (χ3v) is 5.23. The summed E-state index contributed by atoms with van der Waals surface area (Å²) in [5.74, 6) is 1.90. The van der Waals surface area contributed by atoms with E-state index in [0.717, 1.165) is 11.8 Å². The molecule has 1 heterocycles. The van der Waals surface area contributed by atoms with Gasteiger partial charge in [0, 0.05) is 0 Å². The summed E-state index contributed by atoms with van der Waals surface area (Å²) < 4.78 is 6.14. The molecule has 1 heteroatoms. The highest BCUT2D eigenvalue weighted by molar-refractivity contribution is 5.30. The molecule has 1 nitrogen and oxygen atoms in total. The Labute approximate surface area is 103 Å². The second-order valence-electron chi connectivity index (χ2n) is 6.11. The summed E-state index contributed by atoms with van der Waals surface area (Å²) in [6.45, 7) is 0. The van der Waals surface area contributed by atoms with Crippen LogP contribution in [0.25, 0.3) is 0 Å². The molecule has 1 aromatic carbocycles. The Kier molecular flexibility index (Phi) is 2.14. The van der Waals surface area contributed by atoms with Crippen molar-refractivity contribution in [3.8, 4) is 0 Å². The normalized spacial score (nSPS) is 43.6. The maximum atomic E-state index is 6.14. The van der Waals surface area contributed by atoms with Gasteiger partial charge >= 0.3 is 0 Å². The predicted octanol–water partition coefficient (Wildman–Crippen LogP) is 3.88. The maximum absolute atomic E-state index is 6.14. The number of hydrogen-bond donors (Lipinski definition) is 0. The minimum Gasteiger partial charge on any atom is -0.361 e. The molecule has 17 heavy (non-hydrogen) atoms. The first-order valence-electron chi connectivity index (χ1n) is 7.12. The predicted molar refractivity (Wildman–Crippen MR) is 67.7 cm³/mol. The van der Waals surface area contributed by atoms with Gasteiger partial charge in [0.25, 0.3) is 0 Å². The highest BCUT2D eigenvalue weighted by atomic mass is 16.6. The Bertz CT molecular complexity index is 413. The lowest BCUT2D eigenvalue weighted by atomic mass is 9.66. The van der Waals surface area contributed by atoms with Crippen molar-refractivity contribution in [2.45, 2.75) is 50.2 Å². The van der Waals surface area contributed by atoms with Crippen LogP contribution in [0, 0.1) is 11.8 Å². The molecule has 4 atom stereocenters. The number of benzene rings is 1. The molecule has 2 aliphatic carbocycles. The van der Waals surface area contributed by atoms with Crippen LogP contribution in [0.4, 0.5) is 0 Å². The minimum atomic E-state index is 0.125. The third kappa shape index (κ3) is 1.48. The lowest BCUT2D eigenvalue weighted by molar-refractivity contribution is 0.158. The number of fused-ring (bicyclic) bond motifs is 2. The number of epoxide rings is 1. The SMILES string of the molecule is c1ccc([C@]23C[C@H]4CCCC[C@@H]4C[C@@H]2O3)cc1. The molecule has 2 saturated carbocycles. The molecule has 0 radical (unpaired) electrons. The third-order valence-electron chi connectivity index (χ3n) is 5.23. The first kappa shape index (κ1) is 10.1. The van der Waals surface area contributed by atoms with Crippen molar-refractivity contribution in [2.75, 3.05) is 0 Å². The largest absolute Gasteiger partial charge is 0.361 e. The summed E-state index contributed by atoms with van der Waals surface area (Å²) >= 11 is 0. The quantitative estimate of drug-likeness (QED) is 0.664. The van der Waals surface area contributed by atoms with Crippen LogP contribution in [0.2, 0.25) is 0 Å². The smallest absolute Gasteiger partial charge is 0.120 e. The van der Waals surface area contributed by atoms with Crippen LogP contribution < -0.4 is 0 Å². The highest BCUT2D eigenvalue weighted by Gasteiger charge is 2.62. The van der Waals surface area contributed by atoms with Crippen LogP contribution in [0.3, 0.4) is 0 Å².